The van der Waals surface area contributed by atoms with E-state index in [-0.39, 0.29) is 31.4 Å². The van der Waals surface area contributed by atoms with Crippen molar-refractivity contribution in [3.63, 3.8) is 0 Å². The molecule has 0 saturated heterocycles. The number of aryl methyl sites for hydroxylation is 1. The predicted octanol–water partition coefficient (Wildman–Crippen LogP) is 4.98. The van der Waals surface area contributed by atoms with Gasteiger partial charge in [-0.2, -0.15) is 0 Å². The molecule has 2 aromatic heterocycles. The number of benzene rings is 2. The van der Waals surface area contributed by atoms with Crippen LogP contribution in [-0.2, 0) is 40.1 Å². The number of nitrogens with one attached hydrogen (secondary N) is 2. The van der Waals surface area contributed by atoms with Crippen LogP contribution in [0.4, 0.5) is 5.00 Å². The molecular weight excluding hydrogens is 587 g/mol. The summed E-state index contributed by atoms with van der Waals surface area (Å²) in [5, 5.41) is 15.0. The van der Waals surface area contributed by atoms with E-state index in [1.807, 2.05) is 54.6 Å². The third-order valence-corrected chi connectivity index (χ3v) is 9.22. The Morgan fingerprint density at radius 1 is 1.07 bits per heavy atom. The Kier molecular flexibility index (Phi) is 9.78. The molecule has 0 fully saturated rings. The summed E-state index contributed by atoms with van der Waals surface area (Å²) in [4.78, 5) is 40.0. The number of esters is 1. The number of thioether (sulfide) groups is 1. The van der Waals surface area contributed by atoms with Gasteiger partial charge in [0.15, 0.2) is 11.0 Å². The number of anilines is 1. The first-order valence-electron chi connectivity index (χ1n) is 14.1. The van der Waals surface area contributed by atoms with Gasteiger partial charge in [0, 0.05) is 4.88 Å². The number of rotatable bonds is 12. The fraction of sp³-hybridized carbons (Fsp3) is 0.323. The molecule has 1 aliphatic carbocycles. The first-order chi connectivity index (χ1) is 20.9. The van der Waals surface area contributed by atoms with Crippen LogP contribution in [-0.4, -0.2) is 51.5 Å². The predicted molar refractivity (Wildman–Crippen MR) is 166 cm³/mol. The van der Waals surface area contributed by atoms with Gasteiger partial charge in [-0.25, -0.2) is 4.79 Å². The number of carbonyl (C=O) groups is 3. The van der Waals surface area contributed by atoms with Crippen molar-refractivity contribution in [1.29, 1.82) is 0 Å². The molecule has 224 valence electrons. The molecule has 5 rings (SSSR count). The van der Waals surface area contributed by atoms with Gasteiger partial charge in [-0.15, -0.1) is 21.5 Å². The molecule has 10 nitrogen and oxygen atoms in total. The summed E-state index contributed by atoms with van der Waals surface area (Å²) < 4.78 is 12.7. The number of fused-ring (bicyclic) bond motifs is 1. The normalized spacial score (nSPS) is 12.8. The maximum Gasteiger partial charge on any atom is 0.341 e. The molecule has 1 aliphatic rings. The van der Waals surface area contributed by atoms with Crippen LogP contribution in [0.25, 0.3) is 5.69 Å². The van der Waals surface area contributed by atoms with Crippen molar-refractivity contribution >= 4 is 45.9 Å². The Morgan fingerprint density at radius 3 is 2.60 bits per heavy atom. The minimum Gasteiger partial charge on any atom is -0.495 e. The van der Waals surface area contributed by atoms with Crippen LogP contribution in [0.5, 0.6) is 5.75 Å². The van der Waals surface area contributed by atoms with Crippen molar-refractivity contribution in [2.45, 2.75) is 56.5 Å². The van der Waals surface area contributed by atoms with E-state index in [2.05, 4.69) is 20.8 Å². The lowest BCUT2D eigenvalue weighted by Gasteiger charge is -2.16. The van der Waals surface area contributed by atoms with Crippen molar-refractivity contribution < 1.29 is 23.9 Å². The lowest BCUT2D eigenvalue weighted by molar-refractivity contribution is -0.120. The van der Waals surface area contributed by atoms with Gasteiger partial charge in [0.05, 0.1) is 43.2 Å². The monoisotopic (exact) mass is 619 g/mol. The van der Waals surface area contributed by atoms with Crippen molar-refractivity contribution in [3.8, 4) is 11.4 Å². The van der Waals surface area contributed by atoms with E-state index < -0.39 is 11.2 Å². The fourth-order valence-electron chi connectivity index (χ4n) is 4.91. The van der Waals surface area contributed by atoms with E-state index in [4.69, 9.17) is 9.47 Å². The Morgan fingerprint density at radius 2 is 1.84 bits per heavy atom. The van der Waals surface area contributed by atoms with Gasteiger partial charge in [0.25, 0.3) is 0 Å². The number of thiophene rings is 1. The zero-order chi connectivity index (χ0) is 30.3. The second kappa shape index (κ2) is 13.9. The number of hydrogen-bond donors (Lipinski definition) is 2. The Balaban J connectivity index is 1.36. The third kappa shape index (κ3) is 6.91. The molecule has 43 heavy (non-hydrogen) atoms. The zero-order valence-corrected chi connectivity index (χ0v) is 25.8. The summed E-state index contributed by atoms with van der Waals surface area (Å²) in [5.41, 5.74) is 3.03. The number of para-hydroxylation sites is 2. The average Bonchev–Trinajstić information content (AvgIpc) is 3.71. The molecule has 2 amide bonds. The van der Waals surface area contributed by atoms with Gasteiger partial charge in [0.1, 0.15) is 10.8 Å². The Bertz CT molecular complexity index is 1620. The molecule has 0 saturated carbocycles. The summed E-state index contributed by atoms with van der Waals surface area (Å²) in [5.74, 6) is 0.240. The number of carbonyl (C=O) groups excluding carboxylic acids is 3. The molecule has 0 aliphatic heterocycles. The van der Waals surface area contributed by atoms with Crippen LogP contribution in [0.2, 0.25) is 0 Å². The summed E-state index contributed by atoms with van der Waals surface area (Å²) >= 11 is 2.66. The van der Waals surface area contributed by atoms with Crippen LogP contribution >= 0.6 is 23.1 Å². The van der Waals surface area contributed by atoms with Crippen LogP contribution < -0.4 is 15.4 Å². The topological polar surface area (TPSA) is 124 Å². The van der Waals surface area contributed by atoms with E-state index in [1.165, 1.54) is 23.1 Å². The maximum absolute atomic E-state index is 13.4. The zero-order valence-electron chi connectivity index (χ0n) is 24.2. The lowest BCUT2D eigenvalue weighted by Crippen LogP contribution is -2.26. The highest BCUT2D eigenvalue weighted by Crippen LogP contribution is 2.40. The van der Waals surface area contributed by atoms with Gasteiger partial charge < -0.3 is 20.1 Å². The lowest BCUT2D eigenvalue weighted by atomic mass is 10.1. The Labute approximate surface area is 258 Å². The Hall–Kier alpha value is -4.16. The molecule has 12 heteroatoms. The van der Waals surface area contributed by atoms with Gasteiger partial charge in [-0.3, -0.25) is 14.2 Å². The number of methoxy groups -OCH3 is 1. The SMILES string of the molecule is CCOC(=O)c1c(NC(=O)[C@H](C)Sc2nnc(CNC(=O)Cc3ccccc3)n2-c2ccccc2OC)sc2c1CCC2. The highest BCUT2D eigenvalue weighted by molar-refractivity contribution is 8.00. The molecular formula is C31H33N5O5S2. The van der Waals surface area contributed by atoms with Crippen LogP contribution in [0.3, 0.4) is 0 Å². The second-order valence-corrected chi connectivity index (χ2v) is 12.3. The molecule has 2 aromatic carbocycles. The fourth-order valence-corrected chi connectivity index (χ4v) is 7.07. The second-order valence-electron chi connectivity index (χ2n) is 9.88. The number of aromatic nitrogens is 3. The first-order valence-corrected chi connectivity index (χ1v) is 15.8. The van der Waals surface area contributed by atoms with Gasteiger partial charge in [0.2, 0.25) is 11.8 Å². The van der Waals surface area contributed by atoms with Gasteiger partial charge >= 0.3 is 5.97 Å². The summed E-state index contributed by atoms with van der Waals surface area (Å²) in [6.07, 6.45) is 2.91. The average molecular weight is 620 g/mol. The van der Waals surface area contributed by atoms with E-state index >= 15 is 0 Å². The minimum absolute atomic E-state index is 0.126. The van der Waals surface area contributed by atoms with Gasteiger partial charge in [-0.05, 0) is 56.4 Å². The van der Waals surface area contributed by atoms with Crippen LogP contribution in [0.1, 0.15) is 52.5 Å². The molecule has 0 spiro atoms. The molecule has 0 radical (unpaired) electrons. The van der Waals surface area contributed by atoms with Crippen LogP contribution in [0.15, 0.2) is 59.8 Å². The molecule has 1 atom stereocenters. The van der Waals surface area contributed by atoms with E-state index in [0.29, 0.717) is 33.0 Å². The van der Waals surface area contributed by atoms with Crippen LogP contribution in [0, 0.1) is 0 Å². The molecule has 0 unspecified atom stereocenters. The number of hydrogen-bond acceptors (Lipinski definition) is 9. The smallest absolute Gasteiger partial charge is 0.341 e. The van der Waals surface area contributed by atoms with E-state index in [9.17, 15) is 14.4 Å². The molecule has 4 aromatic rings. The maximum atomic E-state index is 13.4. The first kappa shape index (κ1) is 30.3. The molecule has 2 heterocycles. The summed E-state index contributed by atoms with van der Waals surface area (Å²) in [6.45, 7) is 3.93. The number of ether oxygens (including phenoxy) is 2. The van der Waals surface area contributed by atoms with Crippen molar-refractivity contribution in [3.05, 3.63) is 82.0 Å². The van der Waals surface area contributed by atoms with Crippen molar-refractivity contribution in [2.75, 3.05) is 19.0 Å². The highest BCUT2D eigenvalue weighted by Gasteiger charge is 2.30. The standard InChI is InChI=1S/C31H33N5O5S2/c1-4-41-30(39)27-21-13-10-16-24(21)43-29(27)33-28(38)19(2)42-31-35-34-25(36(31)22-14-8-9-15-23(22)40-3)18-32-26(37)17-20-11-6-5-7-12-20/h5-9,11-12,14-15,19H,4,10,13,16-18H2,1-3H3,(H,32,37)(H,33,38)/t19-/m0/s1. The molecule has 0 bridgehead atoms. The minimum atomic E-state index is -0.592. The summed E-state index contributed by atoms with van der Waals surface area (Å²) in [6, 6.07) is 16.9. The highest BCUT2D eigenvalue weighted by atomic mass is 32.2. The summed E-state index contributed by atoms with van der Waals surface area (Å²) in [7, 11) is 1.58. The molecule has 2 N–H and O–H groups in total. The van der Waals surface area contributed by atoms with E-state index in [0.717, 1.165) is 35.3 Å². The number of amides is 2. The largest absolute Gasteiger partial charge is 0.495 e. The van der Waals surface area contributed by atoms with Crippen molar-refractivity contribution in [2.24, 2.45) is 0 Å². The number of nitrogens with zero attached hydrogens (tertiary/aromatic N) is 3. The van der Waals surface area contributed by atoms with Gasteiger partial charge in [-0.1, -0.05) is 54.2 Å². The van der Waals surface area contributed by atoms with Crippen molar-refractivity contribution in [1.82, 2.24) is 20.1 Å². The third-order valence-electron chi connectivity index (χ3n) is 6.97. The van der Waals surface area contributed by atoms with E-state index in [1.54, 1.807) is 25.5 Å². The quantitative estimate of drug-likeness (QED) is 0.168.